The number of piperidine rings is 1. The van der Waals surface area contributed by atoms with Crippen molar-refractivity contribution in [3.8, 4) is 0 Å². The Balaban J connectivity index is 1.62. The number of hydrogen-bond acceptors (Lipinski definition) is 6. The third-order valence-electron chi connectivity index (χ3n) is 4.86. The van der Waals surface area contributed by atoms with Crippen LogP contribution in [0.1, 0.15) is 24.6 Å². The Hall–Kier alpha value is -1.22. The zero-order chi connectivity index (χ0) is 17.2. The minimum atomic E-state index is -3.07. The van der Waals surface area contributed by atoms with Gasteiger partial charge in [0.05, 0.1) is 18.6 Å². The molecule has 0 spiro atoms. The normalized spacial score (nSPS) is 24.8. The molecule has 134 valence electrons. The van der Waals surface area contributed by atoms with E-state index in [2.05, 4.69) is 15.2 Å². The van der Waals surface area contributed by atoms with E-state index in [1.54, 1.807) is 4.31 Å². The lowest BCUT2D eigenvalue weighted by molar-refractivity contribution is -0.0527. The summed E-state index contributed by atoms with van der Waals surface area (Å²) in [4.78, 5) is 7.02. The molecule has 2 saturated heterocycles. The Kier molecular flexibility index (Phi) is 5.39. The van der Waals surface area contributed by atoms with E-state index in [9.17, 15) is 8.42 Å². The highest BCUT2D eigenvalue weighted by Crippen LogP contribution is 2.26. The molecule has 1 aromatic rings. The van der Waals surface area contributed by atoms with E-state index in [4.69, 9.17) is 4.74 Å². The van der Waals surface area contributed by atoms with E-state index < -0.39 is 10.0 Å². The average molecular weight is 354 g/mol. The second-order valence-electron chi connectivity index (χ2n) is 6.45. The largest absolute Gasteiger partial charge is 0.373 e. The Morgan fingerprint density at radius 1 is 1.25 bits per heavy atom. The van der Waals surface area contributed by atoms with Gasteiger partial charge in [-0.25, -0.2) is 17.7 Å². The van der Waals surface area contributed by atoms with Gasteiger partial charge < -0.3 is 10.1 Å². The van der Waals surface area contributed by atoms with Crippen molar-refractivity contribution in [3.05, 3.63) is 23.9 Å². The fraction of sp³-hybridized carbons (Fsp3) is 0.688. The summed E-state index contributed by atoms with van der Waals surface area (Å²) < 4.78 is 30.8. The van der Waals surface area contributed by atoms with Crippen molar-refractivity contribution in [3.63, 3.8) is 0 Å². The van der Waals surface area contributed by atoms with Gasteiger partial charge in [-0.1, -0.05) is 6.07 Å². The van der Waals surface area contributed by atoms with Crippen molar-refractivity contribution in [1.82, 2.24) is 14.2 Å². The predicted molar refractivity (Wildman–Crippen MR) is 93.5 cm³/mol. The van der Waals surface area contributed by atoms with Crippen LogP contribution in [0.5, 0.6) is 0 Å². The van der Waals surface area contributed by atoms with Crippen molar-refractivity contribution >= 4 is 15.8 Å². The van der Waals surface area contributed by atoms with E-state index in [0.29, 0.717) is 25.7 Å². The highest BCUT2D eigenvalue weighted by molar-refractivity contribution is 7.88. The topological polar surface area (TPSA) is 74.8 Å². The number of anilines is 1. The maximum Gasteiger partial charge on any atom is 0.211 e. The molecule has 1 aromatic heterocycles. The number of ether oxygens (including phenoxy) is 1. The van der Waals surface area contributed by atoms with E-state index in [1.807, 2.05) is 25.2 Å². The number of morpholine rings is 1. The minimum Gasteiger partial charge on any atom is -0.373 e. The van der Waals surface area contributed by atoms with Gasteiger partial charge in [-0.05, 0) is 25.0 Å². The summed E-state index contributed by atoms with van der Waals surface area (Å²) in [5.41, 5.74) is 0.945. The maximum absolute atomic E-state index is 11.6. The molecule has 0 amide bonds. The zero-order valence-electron chi connectivity index (χ0n) is 14.3. The molecule has 0 saturated carbocycles. The summed E-state index contributed by atoms with van der Waals surface area (Å²) in [6.45, 7) is 3.61. The minimum absolute atomic E-state index is 0.0278. The third-order valence-corrected chi connectivity index (χ3v) is 6.17. The monoisotopic (exact) mass is 354 g/mol. The second-order valence-corrected chi connectivity index (χ2v) is 8.43. The van der Waals surface area contributed by atoms with Crippen LogP contribution >= 0.6 is 0 Å². The lowest BCUT2D eigenvalue weighted by Gasteiger charge is -2.41. The molecule has 2 aliphatic rings. The van der Waals surface area contributed by atoms with Crippen LogP contribution in [0.15, 0.2) is 18.2 Å². The standard InChI is InChI=1S/C16H26N4O3S/c1-17-16-5-3-4-14(18-16)15-12-19(10-11-23-15)13-6-8-20(9-7-13)24(2,21)22/h3-5,13,15H,6-12H2,1-2H3,(H,17,18)/t15-/m1/s1. The molecule has 3 rings (SSSR count). The summed E-state index contributed by atoms with van der Waals surface area (Å²) >= 11 is 0. The molecule has 1 N–H and O–H groups in total. The maximum atomic E-state index is 11.6. The average Bonchev–Trinajstić information content (AvgIpc) is 2.61. The van der Waals surface area contributed by atoms with Crippen molar-refractivity contribution < 1.29 is 13.2 Å². The first kappa shape index (κ1) is 17.6. The highest BCUT2D eigenvalue weighted by Gasteiger charge is 2.32. The number of pyridine rings is 1. The number of sulfonamides is 1. The van der Waals surface area contributed by atoms with Crippen LogP contribution in [0.3, 0.4) is 0 Å². The summed E-state index contributed by atoms with van der Waals surface area (Å²) in [5, 5.41) is 3.06. The van der Waals surface area contributed by atoms with Gasteiger partial charge >= 0.3 is 0 Å². The number of hydrogen-bond donors (Lipinski definition) is 1. The summed E-state index contributed by atoms with van der Waals surface area (Å²) in [5.74, 6) is 0.842. The Labute approximate surface area is 144 Å². The van der Waals surface area contributed by atoms with Crippen molar-refractivity contribution in [2.45, 2.75) is 25.0 Å². The van der Waals surface area contributed by atoms with Gasteiger partial charge in [0.1, 0.15) is 11.9 Å². The first-order valence-corrected chi connectivity index (χ1v) is 10.3. The van der Waals surface area contributed by atoms with Crippen LogP contribution in [0.25, 0.3) is 0 Å². The fourth-order valence-electron chi connectivity index (χ4n) is 3.49. The van der Waals surface area contributed by atoms with Gasteiger partial charge in [0.2, 0.25) is 10.0 Å². The van der Waals surface area contributed by atoms with Crippen LogP contribution in [-0.2, 0) is 14.8 Å². The summed E-state index contributed by atoms with van der Waals surface area (Å²) in [6, 6.07) is 6.34. The molecule has 0 bridgehead atoms. The molecule has 24 heavy (non-hydrogen) atoms. The molecule has 8 heteroatoms. The summed E-state index contributed by atoms with van der Waals surface area (Å²) in [6.07, 6.45) is 3.02. The van der Waals surface area contributed by atoms with Gasteiger partial charge in [0, 0.05) is 39.3 Å². The Morgan fingerprint density at radius 3 is 2.67 bits per heavy atom. The first-order valence-electron chi connectivity index (χ1n) is 8.43. The number of aromatic nitrogens is 1. The molecule has 3 heterocycles. The quantitative estimate of drug-likeness (QED) is 0.867. The van der Waals surface area contributed by atoms with Gasteiger partial charge in [0.25, 0.3) is 0 Å². The molecule has 0 aromatic carbocycles. The van der Waals surface area contributed by atoms with Gasteiger partial charge in [-0.3, -0.25) is 4.90 Å². The second kappa shape index (κ2) is 7.35. The molecular weight excluding hydrogens is 328 g/mol. The molecule has 1 atom stereocenters. The molecule has 2 aliphatic heterocycles. The van der Waals surface area contributed by atoms with Crippen molar-refractivity contribution in [2.75, 3.05) is 51.4 Å². The van der Waals surface area contributed by atoms with Crippen LogP contribution in [-0.4, -0.2) is 74.7 Å². The highest BCUT2D eigenvalue weighted by atomic mass is 32.2. The molecule has 0 radical (unpaired) electrons. The molecule has 2 fully saturated rings. The van der Waals surface area contributed by atoms with Gasteiger partial charge in [0.15, 0.2) is 0 Å². The van der Waals surface area contributed by atoms with Crippen molar-refractivity contribution in [2.24, 2.45) is 0 Å². The smallest absolute Gasteiger partial charge is 0.211 e. The van der Waals surface area contributed by atoms with E-state index in [1.165, 1.54) is 6.26 Å². The lowest BCUT2D eigenvalue weighted by atomic mass is 10.0. The molecule has 0 unspecified atom stereocenters. The number of rotatable bonds is 4. The fourth-order valence-corrected chi connectivity index (χ4v) is 4.36. The van der Waals surface area contributed by atoms with Gasteiger partial charge in [-0.2, -0.15) is 0 Å². The lowest BCUT2D eigenvalue weighted by Crippen LogP contribution is -2.50. The predicted octanol–water partition coefficient (Wildman–Crippen LogP) is 0.921. The van der Waals surface area contributed by atoms with Crippen LogP contribution in [0, 0.1) is 0 Å². The third kappa shape index (κ3) is 4.05. The van der Waals surface area contributed by atoms with Gasteiger partial charge in [-0.15, -0.1) is 0 Å². The van der Waals surface area contributed by atoms with Crippen LogP contribution in [0.4, 0.5) is 5.82 Å². The van der Waals surface area contributed by atoms with E-state index in [0.717, 1.165) is 37.4 Å². The number of nitrogens with one attached hydrogen (secondary N) is 1. The van der Waals surface area contributed by atoms with Crippen molar-refractivity contribution in [1.29, 1.82) is 0 Å². The molecule has 0 aliphatic carbocycles. The first-order chi connectivity index (χ1) is 11.5. The molecular formula is C16H26N4O3S. The Morgan fingerprint density at radius 2 is 2.00 bits per heavy atom. The Bertz CT molecular complexity index is 659. The summed E-state index contributed by atoms with van der Waals surface area (Å²) in [7, 11) is -1.21. The van der Waals surface area contributed by atoms with Crippen LogP contribution < -0.4 is 5.32 Å². The zero-order valence-corrected chi connectivity index (χ0v) is 15.1. The number of nitrogens with zero attached hydrogens (tertiary/aromatic N) is 3. The van der Waals surface area contributed by atoms with E-state index in [-0.39, 0.29) is 6.10 Å². The van der Waals surface area contributed by atoms with Crippen LogP contribution in [0.2, 0.25) is 0 Å². The SMILES string of the molecule is CNc1cccc([C@H]2CN(C3CCN(S(C)(=O)=O)CC3)CCO2)n1. The molecule has 7 nitrogen and oxygen atoms in total. The van der Waals surface area contributed by atoms with E-state index >= 15 is 0 Å².